The van der Waals surface area contributed by atoms with E-state index >= 15 is 0 Å². The van der Waals surface area contributed by atoms with Crippen molar-refractivity contribution in [3.63, 3.8) is 0 Å². The molecule has 4 heterocycles. The molecule has 2 fully saturated rings. The molecule has 6 nitrogen and oxygen atoms in total. The number of piperidine rings is 1. The summed E-state index contributed by atoms with van der Waals surface area (Å²) in [6.45, 7) is 5.67. The first-order valence-electron chi connectivity index (χ1n) is 11.7. The van der Waals surface area contributed by atoms with Crippen molar-refractivity contribution in [2.75, 3.05) is 19.6 Å². The van der Waals surface area contributed by atoms with Gasteiger partial charge in [0.05, 0.1) is 10.3 Å². The van der Waals surface area contributed by atoms with E-state index < -0.39 is 0 Å². The number of carbonyl (C=O) groups excluding carboxylic acids is 1. The van der Waals surface area contributed by atoms with Gasteiger partial charge < -0.3 is 5.32 Å². The number of fused-ring (bicyclic) bond motifs is 2. The van der Waals surface area contributed by atoms with Gasteiger partial charge in [0.25, 0.3) is 11.5 Å². The number of hydrogen-bond acceptors (Lipinski definition) is 5. The maximum atomic E-state index is 13.2. The summed E-state index contributed by atoms with van der Waals surface area (Å²) in [7, 11) is 0. The third kappa shape index (κ3) is 3.40. The number of rotatable bonds is 4. The zero-order valence-electron chi connectivity index (χ0n) is 18.0. The van der Waals surface area contributed by atoms with Gasteiger partial charge in [-0.15, -0.1) is 11.3 Å². The molecule has 3 aliphatic rings. The summed E-state index contributed by atoms with van der Waals surface area (Å²) in [4.78, 5) is 34.9. The molecule has 0 radical (unpaired) electrons. The number of carbonyl (C=O) groups is 1. The Bertz CT molecular complexity index is 1010. The van der Waals surface area contributed by atoms with E-state index in [0.29, 0.717) is 16.8 Å². The molecule has 30 heavy (non-hydrogen) atoms. The van der Waals surface area contributed by atoms with E-state index in [9.17, 15) is 9.59 Å². The number of amides is 1. The fourth-order valence-corrected chi connectivity index (χ4v) is 6.91. The topological polar surface area (TPSA) is 67.2 Å². The Balaban J connectivity index is 1.39. The van der Waals surface area contributed by atoms with Gasteiger partial charge >= 0.3 is 0 Å². The van der Waals surface area contributed by atoms with Gasteiger partial charge in [-0.25, -0.2) is 4.98 Å². The molecular weight excluding hydrogens is 396 g/mol. The fraction of sp³-hybridized carbons (Fsp3) is 0.696. The molecule has 162 valence electrons. The third-order valence-corrected chi connectivity index (χ3v) is 8.69. The van der Waals surface area contributed by atoms with Crippen molar-refractivity contribution >= 4 is 27.5 Å². The number of aryl methyl sites for hydroxylation is 2. The molecule has 1 amide bonds. The second-order valence-electron chi connectivity index (χ2n) is 9.34. The summed E-state index contributed by atoms with van der Waals surface area (Å²) >= 11 is 1.38. The molecule has 0 bridgehead atoms. The quantitative estimate of drug-likeness (QED) is 0.808. The summed E-state index contributed by atoms with van der Waals surface area (Å²) in [6, 6.07) is 0. The molecule has 7 heteroatoms. The number of hydrogen-bond donors (Lipinski definition) is 1. The predicted octanol–water partition coefficient (Wildman–Crippen LogP) is 3.63. The molecule has 0 spiro atoms. The van der Waals surface area contributed by atoms with Crippen molar-refractivity contribution in [1.29, 1.82) is 0 Å². The summed E-state index contributed by atoms with van der Waals surface area (Å²) < 4.78 is 1.79. The first-order valence-corrected chi connectivity index (χ1v) is 12.5. The summed E-state index contributed by atoms with van der Waals surface area (Å²) in [5.41, 5.74) is 0.929. The van der Waals surface area contributed by atoms with E-state index in [4.69, 9.17) is 4.98 Å². The van der Waals surface area contributed by atoms with Crippen molar-refractivity contribution in [2.45, 2.75) is 83.2 Å². The molecule has 2 aromatic heterocycles. The zero-order valence-corrected chi connectivity index (χ0v) is 18.8. The van der Waals surface area contributed by atoms with Gasteiger partial charge in [0.1, 0.15) is 10.7 Å². The zero-order chi connectivity index (χ0) is 20.7. The van der Waals surface area contributed by atoms with Crippen LogP contribution in [0.5, 0.6) is 0 Å². The minimum absolute atomic E-state index is 0.0253. The van der Waals surface area contributed by atoms with E-state index in [2.05, 4.69) is 10.2 Å². The Hall–Kier alpha value is -1.73. The van der Waals surface area contributed by atoms with Gasteiger partial charge in [-0.05, 0) is 57.7 Å². The van der Waals surface area contributed by atoms with Crippen LogP contribution in [0.4, 0.5) is 0 Å². The van der Waals surface area contributed by atoms with Crippen molar-refractivity contribution in [2.24, 2.45) is 0 Å². The average Bonchev–Trinajstić information content (AvgIpc) is 3.38. The molecule has 1 saturated carbocycles. The third-order valence-electron chi connectivity index (χ3n) is 7.51. The largest absolute Gasteiger partial charge is 0.349 e. The van der Waals surface area contributed by atoms with E-state index in [-0.39, 0.29) is 17.0 Å². The molecule has 2 aliphatic heterocycles. The Morgan fingerprint density at radius 3 is 2.57 bits per heavy atom. The van der Waals surface area contributed by atoms with E-state index in [1.807, 2.05) is 6.92 Å². The summed E-state index contributed by atoms with van der Waals surface area (Å²) in [6.07, 6.45) is 11.8. The van der Waals surface area contributed by atoms with Crippen LogP contribution in [0.3, 0.4) is 0 Å². The van der Waals surface area contributed by atoms with Crippen LogP contribution in [-0.4, -0.2) is 45.5 Å². The maximum Gasteiger partial charge on any atom is 0.262 e. The van der Waals surface area contributed by atoms with Crippen LogP contribution >= 0.6 is 11.3 Å². The van der Waals surface area contributed by atoms with Crippen LogP contribution in [0, 0.1) is 6.92 Å². The van der Waals surface area contributed by atoms with Crippen LogP contribution < -0.4 is 10.9 Å². The van der Waals surface area contributed by atoms with Gasteiger partial charge in [-0.3, -0.25) is 19.1 Å². The normalized spacial score (nSPS) is 21.6. The van der Waals surface area contributed by atoms with Crippen molar-refractivity contribution < 1.29 is 4.79 Å². The van der Waals surface area contributed by atoms with Crippen LogP contribution in [-0.2, 0) is 13.0 Å². The highest BCUT2D eigenvalue weighted by atomic mass is 32.1. The van der Waals surface area contributed by atoms with Gasteiger partial charge in [0.2, 0.25) is 0 Å². The molecule has 0 atom stereocenters. The van der Waals surface area contributed by atoms with Gasteiger partial charge in [0, 0.05) is 25.0 Å². The minimum atomic E-state index is -0.0398. The van der Waals surface area contributed by atoms with Gasteiger partial charge in [0.15, 0.2) is 0 Å². The predicted molar refractivity (Wildman–Crippen MR) is 121 cm³/mol. The van der Waals surface area contributed by atoms with Crippen molar-refractivity contribution in [1.82, 2.24) is 19.8 Å². The number of nitrogens with zero attached hydrogens (tertiary/aromatic N) is 3. The molecule has 2 aromatic rings. The van der Waals surface area contributed by atoms with Crippen LogP contribution in [0.1, 0.15) is 78.8 Å². The maximum absolute atomic E-state index is 13.2. The van der Waals surface area contributed by atoms with Gasteiger partial charge in [-0.1, -0.05) is 25.7 Å². The standard InChI is InChI=1S/C23H32N4O2S/c1-16-18-21(25-17-9-8-14-27(17)22(18)29)30-19(16)20(28)24-15-23(10-4-2-5-11-23)26-12-6-3-7-13-26/h2-15H2,1H3,(H,24,28). The lowest BCUT2D eigenvalue weighted by Gasteiger charge is -2.48. The van der Waals surface area contributed by atoms with Gasteiger partial charge in [-0.2, -0.15) is 0 Å². The fourth-order valence-electron chi connectivity index (χ4n) is 5.80. The highest BCUT2D eigenvalue weighted by molar-refractivity contribution is 7.20. The molecular formula is C23H32N4O2S. The monoisotopic (exact) mass is 428 g/mol. The minimum Gasteiger partial charge on any atom is -0.349 e. The average molecular weight is 429 g/mol. The first-order chi connectivity index (χ1) is 14.6. The molecule has 1 aliphatic carbocycles. The number of aromatic nitrogens is 2. The highest BCUT2D eigenvalue weighted by Gasteiger charge is 2.38. The first kappa shape index (κ1) is 20.2. The molecule has 0 unspecified atom stereocenters. The highest BCUT2D eigenvalue weighted by Crippen LogP contribution is 2.35. The van der Waals surface area contributed by atoms with E-state index in [1.54, 1.807) is 4.57 Å². The summed E-state index contributed by atoms with van der Waals surface area (Å²) in [5.74, 6) is 0.828. The second kappa shape index (κ2) is 8.08. The lowest BCUT2D eigenvalue weighted by Crippen LogP contribution is -2.58. The van der Waals surface area contributed by atoms with E-state index in [1.165, 1.54) is 62.7 Å². The Kier molecular flexibility index (Phi) is 5.44. The SMILES string of the molecule is Cc1c(C(=O)NCC2(N3CCCCC3)CCCCC2)sc2nc3n(c(=O)c12)CCC3. The molecule has 1 saturated heterocycles. The Labute approximate surface area is 181 Å². The van der Waals surface area contributed by atoms with Crippen LogP contribution in [0.2, 0.25) is 0 Å². The number of thiophene rings is 1. The lowest BCUT2D eigenvalue weighted by molar-refractivity contribution is 0.0327. The van der Waals surface area contributed by atoms with Crippen LogP contribution in [0.15, 0.2) is 4.79 Å². The second-order valence-corrected chi connectivity index (χ2v) is 10.3. The Morgan fingerprint density at radius 1 is 1.07 bits per heavy atom. The van der Waals surface area contributed by atoms with Crippen LogP contribution in [0.25, 0.3) is 10.2 Å². The van der Waals surface area contributed by atoms with Crippen molar-refractivity contribution in [3.8, 4) is 0 Å². The number of likely N-dealkylation sites (tertiary alicyclic amines) is 1. The molecule has 5 rings (SSSR count). The Morgan fingerprint density at radius 2 is 1.80 bits per heavy atom. The molecule has 1 N–H and O–H groups in total. The smallest absolute Gasteiger partial charge is 0.262 e. The molecule has 0 aromatic carbocycles. The number of nitrogens with one attached hydrogen (secondary N) is 1. The lowest BCUT2D eigenvalue weighted by atomic mass is 9.79. The van der Waals surface area contributed by atoms with E-state index in [0.717, 1.165) is 48.7 Å². The van der Waals surface area contributed by atoms with Crippen molar-refractivity contribution in [3.05, 3.63) is 26.6 Å². The summed E-state index contributed by atoms with van der Waals surface area (Å²) in [5, 5.41) is 3.92.